The molecular formula is C41H38Cl3N11O7S2. The number of benzene rings is 3. The van der Waals surface area contributed by atoms with Crippen LogP contribution in [-0.4, -0.2) is 72.0 Å². The van der Waals surface area contributed by atoms with E-state index in [4.69, 9.17) is 66.7 Å². The van der Waals surface area contributed by atoms with E-state index in [1.54, 1.807) is 43.8 Å². The van der Waals surface area contributed by atoms with Crippen LogP contribution in [0.3, 0.4) is 0 Å². The van der Waals surface area contributed by atoms with Crippen molar-refractivity contribution in [2.75, 3.05) is 11.6 Å². The number of H-pyrrole nitrogens is 3. The third-order valence-corrected chi connectivity index (χ3v) is 10.3. The number of imidazole rings is 2. The first-order valence-corrected chi connectivity index (χ1v) is 20.9. The number of rotatable bonds is 6. The van der Waals surface area contributed by atoms with Crippen molar-refractivity contribution in [2.45, 2.75) is 44.9 Å². The Morgan fingerprint density at radius 3 is 1.88 bits per heavy atom. The second-order valence-electron chi connectivity index (χ2n) is 12.6. The number of aryl methyl sites for hydroxylation is 3. The molecule has 18 nitrogen and oxygen atoms in total. The first kappa shape index (κ1) is 50.1. The van der Waals surface area contributed by atoms with Crippen LogP contribution in [0.2, 0.25) is 0 Å². The number of carbonyl (C=O) groups excluding carboxylic acids is 1. The minimum atomic E-state index is -0.972. The summed E-state index contributed by atoms with van der Waals surface area (Å²) in [5.74, 6) is 0.0602. The minimum absolute atomic E-state index is 0. The van der Waals surface area contributed by atoms with Crippen molar-refractivity contribution in [2.24, 2.45) is 0 Å². The Morgan fingerprint density at radius 1 is 0.766 bits per heavy atom. The third-order valence-electron chi connectivity index (χ3n) is 8.32. The molecule has 0 saturated heterocycles. The van der Waals surface area contributed by atoms with Gasteiger partial charge in [0.25, 0.3) is 0 Å². The quantitative estimate of drug-likeness (QED) is 0.0260. The van der Waals surface area contributed by atoms with Gasteiger partial charge in [0, 0.05) is 5.69 Å². The number of hydrogen-bond donors (Lipinski definition) is 5. The number of nitrogens with zero attached hydrogens (tertiary/aromatic N) is 7. The van der Waals surface area contributed by atoms with Gasteiger partial charge >= 0.3 is 17.2 Å². The fourth-order valence-corrected chi connectivity index (χ4v) is 6.64. The molecule has 9 rings (SSSR count). The van der Waals surface area contributed by atoms with Gasteiger partial charge < -0.3 is 34.6 Å². The molecule has 0 fully saturated rings. The number of fused-ring (bicyclic) bond motifs is 4. The SMILES string of the molecule is C.Cc1cccc(N)c1C(=O)O.Cc1cccc2nc(CCl)oc(=O)c12.Cc1cccc2nc(CSc3ncnc4nc[nH]c34)oc(=O)c12.O=C(Cl)CCl.S=c1nc[nH]c2nc[nH]c12. The Morgan fingerprint density at radius 2 is 1.31 bits per heavy atom. The molecule has 0 atom stereocenters. The maximum absolute atomic E-state index is 12.1. The topological polar surface area (TPSA) is 278 Å². The van der Waals surface area contributed by atoms with Crippen LogP contribution in [0.25, 0.3) is 44.1 Å². The number of aromatic amines is 3. The molecule has 23 heteroatoms. The van der Waals surface area contributed by atoms with Crippen molar-refractivity contribution in [3.8, 4) is 0 Å². The number of nitrogens with one attached hydrogen (secondary N) is 3. The molecule has 3 aromatic carbocycles. The summed E-state index contributed by atoms with van der Waals surface area (Å²) in [6, 6.07) is 16.1. The van der Waals surface area contributed by atoms with Crippen LogP contribution in [0.15, 0.2) is 103 Å². The Labute approximate surface area is 387 Å². The molecule has 0 aliphatic carbocycles. The molecule has 6 heterocycles. The van der Waals surface area contributed by atoms with E-state index >= 15 is 0 Å². The highest BCUT2D eigenvalue weighted by Gasteiger charge is 2.12. The van der Waals surface area contributed by atoms with Crippen LogP contribution in [0.5, 0.6) is 0 Å². The molecule has 0 amide bonds. The molecule has 0 bridgehead atoms. The van der Waals surface area contributed by atoms with Crippen molar-refractivity contribution >= 4 is 120 Å². The van der Waals surface area contributed by atoms with E-state index in [2.05, 4.69) is 49.8 Å². The van der Waals surface area contributed by atoms with Crippen LogP contribution < -0.4 is 17.0 Å². The number of alkyl halides is 2. The van der Waals surface area contributed by atoms with Crippen LogP contribution in [0.4, 0.5) is 5.69 Å². The normalized spacial score (nSPS) is 10.3. The summed E-state index contributed by atoms with van der Waals surface area (Å²) in [6.45, 7) is 5.44. The smallest absolute Gasteiger partial charge is 0.347 e. The molecular weight excluding hydrogens is 929 g/mol. The van der Waals surface area contributed by atoms with Gasteiger partial charge in [0.05, 0.1) is 63.9 Å². The van der Waals surface area contributed by atoms with Crippen molar-refractivity contribution in [3.05, 3.63) is 139 Å². The third kappa shape index (κ3) is 13.0. The summed E-state index contributed by atoms with van der Waals surface area (Å²) < 4.78 is 10.8. The van der Waals surface area contributed by atoms with Crippen molar-refractivity contribution < 1.29 is 23.5 Å². The number of halogens is 3. The number of anilines is 1. The molecule has 0 unspecified atom stereocenters. The number of nitrogen functional groups attached to an aromatic ring is 1. The fourth-order valence-electron chi connectivity index (χ4n) is 5.52. The molecule has 0 spiro atoms. The number of carboxylic acid groups (broad SMARTS) is 1. The molecule has 332 valence electrons. The average Bonchev–Trinajstić information content (AvgIpc) is 3.95. The molecule has 0 radical (unpaired) electrons. The number of aromatic carboxylic acids is 1. The minimum Gasteiger partial charge on any atom is -0.478 e. The summed E-state index contributed by atoms with van der Waals surface area (Å²) in [5.41, 5.74) is 11.8. The molecule has 0 saturated carbocycles. The molecule has 6 N–H and O–H groups in total. The molecule has 64 heavy (non-hydrogen) atoms. The second-order valence-corrected chi connectivity index (χ2v) is 14.9. The number of thioether (sulfide) groups is 1. The lowest BCUT2D eigenvalue weighted by Gasteiger charge is -2.03. The fraction of sp³-hybridized carbons (Fsp3) is 0.171. The largest absolute Gasteiger partial charge is 0.478 e. The zero-order valence-electron chi connectivity index (χ0n) is 33.2. The predicted molar refractivity (Wildman–Crippen MR) is 251 cm³/mol. The predicted octanol–water partition coefficient (Wildman–Crippen LogP) is 8.61. The Hall–Kier alpha value is -6.58. The van der Waals surface area contributed by atoms with Gasteiger partial charge in [-0.1, -0.05) is 67.8 Å². The maximum Gasteiger partial charge on any atom is 0.347 e. The highest BCUT2D eigenvalue weighted by molar-refractivity contribution is 7.98. The Bertz CT molecular complexity index is 3210. The molecule has 0 aliphatic heterocycles. The van der Waals surface area contributed by atoms with Crippen molar-refractivity contribution in [1.82, 2.24) is 49.8 Å². The first-order chi connectivity index (χ1) is 30.2. The van der Waals surface area contributed by atoms with Crippen LogP contribution >= 0.6 is 58.8 Å². The van der Waals surface area contributed by atoms with Gasteiger partial charge in [0.2, 0.25) is 17.0 Å². The maximum atomic E-state index is 12.1. The van der Waals surface area contributed by atoms with Crippen LogP contribution in [-0.2, 0) is 16.4 Å². The van der Waals surface area contributed by atoms with Gasteiger partial charge in [0.15, 0.2) is 15.9 Å². The van der Waals surface area contributed by atoms with E-state index in [-0.39, 0.29) is 41.9 Å². The monoisotopic (exact) mass is 965 g/mol. The van der Waals surface area contributed by atoms with E-state index in [0.717, 1.165) is 32.8 Å². The highest BCUT2D eigenvalue weighted by atomic mass is 35.5. The standard InChI is InChI=1S/C15H11N5O2S.C10H8ClNO2.C8H9NO2.C5H4N4S.C2H2Cl2O.CH4/c1-8-3-2-4-9-11(8)15(21)22-10(20-9)5-23-14-12-13(17-6-16-12)18-7-19-14;1-6-3-2-4-7-9(6)10(13)14-8(5-11)12-7;1-5-3-2-4-6(9)7(5)8(10)11;10-5-3-4(7-1-6-3)8-2-9-5;3-1-2(4)5;/h2-4,6-7H,5H2,1H3,(H,16,17,18,19);2-4H,5H2,1H3;2-4H,9H2,1H3,(H,10,11);1-2H,(H2,6,7,8,9,10);1H2;1H4. The van der Waals surface area contributed by atoms with E-state index in [1.807, 2.05) is 44.2 Å². The number of carbonyl (C=O) groups is 2. The number of carboxylic acids is 1. The average molecular weight is 967 g/mol. The molecule has 0 aliphatic rings. The van der Waals surface area contributed by atoms with Gasteiger partial charge in [-0.25, -0.2) is 49.3 Å². The van der Waals surface area contributed by atoms with E-state index < -0.39 is 11.2 Å². The van der Waals surface area contributed by atoms with Crippen LogP contribution in [0, 0.1) is 25.4 Å². The van der Waals surface area contributed by atoms with Crippen molar-refractivity contribution in [1.29, 1.82) is 0 Å². The lowest BCUT2D eigenvalue weighted by atomic mass is 10.1. The summed E-state index contributed by atoms with van der Waals surface area (Å²) in [6.07, 6.45) is 6.14. The van der Waals surface area contributed by atoms with Gasteiger partial charge in [-0.15, -0.1) is 23.2 Å². The molecule has 9 aromatic rings. The van der Waals surface area contributed by atoms with Crippen molar-refractivity contribution in [3.63, 3.8) is 0 Å². The summed E-state index contributed by atoms with van der Waals surface area (Å²) >= 11 is 21.4. The second kappa shape index (κ2) is 23.7. The zero-order valence-corrected chi connectivity index (χ0v) is 37.1. The summed E-state index contributed by atoms with van der Waals surface area (Å²) in [4.78, 5) is 81.2. The number of nitrogens with two attached hydrogens (primary N) is 1. The lowest BCUT2D eigenvalue weighted by molar-refractivity contribution is -0.109. The highest BCUT2D eigenvalue weighted by Crippen LogP contribution is 2.25. The van der Waals surface area contributed by atoms with Gasteiger partial charge in [-0.3, -0.25) is 4.79 Å². The first-order valence-electron chi connectivity index (χ1n) is 18.0. The summed E-state index contributed by atoms with van der Waals surface area (Å²) in [5, 5.41) is 9.95. The van der Waals surface area contributed by atoms with E-state index in [1.165, 1.54) is 24.4 Å². The van der Waals surface area contributed by atoms with E-state index in [9.17, 15) is 19.2 Å². The Balaban J connectivity index is 0.000000189. The molecule has 6 aromatic heterocycles. The zero-order chi connectivity index (χ0) is 45.6. The number of aromatic nitrogens is 10. The summed E-state index contributed by atoms with van der Waals surface area (Å²) in [7, 11) is 0. The van der Waals surface area contributed by atoms with Gasteiger partial charge in [0.1, 0.15) is 22.4 Å². The number of hydrogen-bond acceptors (Lipinski definition) is 16. The van der Waals surface area contributed by atoms with Gasteiger partial charge in [-0.2, -0.15) is 0 Å². The van der Waals surface area contributed by atoms with E-state index in [0.29, 0.717) is 55.0 Å². The van der Waals surface area contributed by atoms with Crippen LogP contribution in [0.1, 0.15) is 46.3 Å². The van der Waals surface area contributed by atoms with Gasteiger partial charge in [-0.05, 0) is 67.3 Å². The lowest BCUT2D eigenvalue weighted by Crippen LogP contribution is -2.06. The Kier molecular flexibility index (Phi) is 18.6.